The number of hydrogen-bond acceptors (Lipinski definition) is 5. The molecule has 0 amide bonds. The fraction of sp³-hybridized carbons (Fsp3) is 0.182. The van der Waals surface area contributed by atoms with Crippen LogP contribution in [0.25, 0.3) is 11.0 Å². The summed E-state index contributed by atoms with van der Waals surface area (Å²) in [6, 6.07) is 2.58. The van der Waals surface area contributed by atoms with Crippen LogP contribution >= 0.6 is 0 Å². The predicted octanol–water partition coefficient (Wildman–Crippen LogP) is 1.00. The van der Waals surface area contributed by atoms with Gasteiger partial charge in [-0.2, -0.15) is 0 Å². The standard InChI is InChI=1S/C11H10O5/c1-5-10(14)7-3-8(13)6(4-12)2-9(7)16-11(5)15/h2-3,12-14H,4H2,1H3. The van der Waals surface area contributed by atoms with E-state index in [2.05, 4.69) is 0 Å². The molecule has 1 aromatic heterocycles. The molecule has 0 fully saturated rings. The van der Waals surface area contributed by atoms with Crippen LogP contribution in [0.15, 0.2) is 21.3 Å². The highest BCUT2D eigenvalue weighted by molar-refractivity contribution is 5.86. The molecular weight excluding hydrogens is 212 g/mol. The number of aliphatic hydroxyl groups is 1. The molecule has 1 heterocycles. The molecule has 84 valence electrons. The van der Waals surface area contributed by atoms with Gasteiger partial charge in [0.25, 0.3) is 0 Å². The van der Waals surface area contributed by atoms with Gasteiger partial charge in [0.15, 0.2) is 0 Å². The molecule has 0 aliphatic heterocycles. The molecule has 0 spiro atoms. The van der Waals surface area contributed by atoms with E-state index < -0.39 is 5.63 Å². The third kappa shape index (κ3) is 1.42. The lowest BCUT2D eigenvalue weighted by Gasteiger charge is -2.06. The summed E-state index contributed by atoms with van der Waals surface area (Å²) in [5.74, 6) is -0.371. The zero-order chi connectivity index (χ0) is 11.9. The molecule has 0 atom stereocenters. The Morgan fingerprint density at radius 1 is 1.31 bits per heavy atom. The van der Waals surface area contributed by atoms with Crippen molar-refractivity contribution in [2.45, 2.75) is 13.5 Å². The number of phenols is 1. The van der Waals surface area contributed by atoms with Gasteiger partial charge in [0.2, 0.25) is 0 Å². The average molecular weight is 222 g/mol. The van der Waals surface area contributed by atoms with Crippen LogP contribution in [0, 0.1) is 6.92 Å². The topological polar surface area (TPSA) is 90.9 Å². The summed E-state index contributed by atoms with van der Waals surface area (Å²) in [4.78, 5) is 11.3. The summed E-state index contributed by atoms with van der Waals surface area (Å²) in [5.41, 5.74) is -0.183. The largest absolute Gasteiger partial charge is 0.508 e. The van der Waals surface area contributed by atoms with Crippen LogP contribution in [0.4, 0.5) is 0 Å². The normalized spacial score (nSPS) is 10.9. The van der Waals surface area contributed by atoms with E-state index in [-0.39, 0.29) is 40.2 Å². The third-order valence-corrected chi connectivity index (χ3v) is 2.47. The van der Waals surface area contributed by atoms with Crippen LogP contribution in [-0.4, -0.2) is 15.3 Å². The van der Waals surface area contributed by atoms with E-state index in [9.17, 15) is 15.0 Å². The number of hydrogen-bond donors (Lipinski definition) is 3. The Morgan fingerprint density at radius 3 is 2.62 bits per heavy atom. The van der Waals surface area contributed by atoms with Crippen molar-refractivity contribution in [3.63, 3.8) is 0 Å². The monoisotopic (exact) mass is 222 g/mol. The lowest BCUT2D eigenvalue weighted by atomic mass is 10.1. The quantitative estimate of drug-likeness (QED) is 0.626. The lowest BCUT2D eigenvalue weighted by Crippen LogP contribution is -2.03. The third-order valence-electron chi connectivity index (χ3n) is 2.47. The molecule has 0 radical (unpaired) electrons. The zero-order valence-electron chi connectivity index (χ0n) is 8.52. The van der Waals surface area contributed by atoms with E-state index in [4.69, 9.17) is 9.52 Å². The Labute approximate surface area is 90.2 Å². The van der Waals surface area contributed by atoms with Crippen molar-refractivity contribution in [3.05, 3.63) is 33.7 Å². The van der Waals surface area contributed by atoms with Crippen LogP contribution in [0.2, 0.25) is 0 Å². The second-order valence-corrected chi connectivity index (χ2v) is 3.50. The first kappa shape index (κ1) is 10.5. The van der Waals surface area contributed by atoms with E-state index in [0.717, 1.165) is 0 Å². The molecule has 5 nitrogen and oxygen atoms in total. The Morgan fingerprint density at radius 2 is 2.00 bits per heavy atom. The number of rotatable bonds is 1. The van der Waals surface area contributed by atoms with Gasteiger partial charge in [-0.15, -0.1) is 0 Å². The summed E-state index contributed by atoms with van der Waals surface area (Å²) >= 11 is 0. The highest BCUT2D eigenvalue weighted by Crippen LogP contribution is 2.31. The van der Waals surface area contributed by atoms with Crippen molar-refractivity contribution in [3.8, 4) is 11.5 Å². The van der Waals surface area contributed by atoms with Crippen molar-refractivity contribution >= 4 is 11.0 Å². The summed E-state index contributed by atoms with van der Waals surface area (Å²) < 4.78 is 4.93. The van der Waals surface area contributed by atoms with Crippen LogP contribution in [0.3, 0.4) is 0 Å². The zero-order valence-corrected chi connectivity index (χ0v) is 8.52. The first-order chi connectivity index (χ1) is 7.54. The van der Waals surface area contributed by atoms with E-state index in [0.29, 0.717) is 0 Å². The number of fused-ring (bicyclic) bond motifs is 1. The molecular formula is C11H10O5. The number of benzene rings is 1. The molecule has 2 rings (SSSR count). The van der Waals surface area contributed by atoms with E-state index in [1.807, 2.05) is 0 Å². The molecule has 5 heteroatoms. The Bertz CT molecular complexity index is 612. The molecule has 0 bridgehead atoms. The molecule has 1 aromatic carbocycles. The summed E-state index contributed by atoms with van der Waals surface area (Å²) in [6.45, 7) is 1.05. The van der Waals surface area contributed by atoms with Crippen LogP contribution < -0.4 is 5.63 Å². The Balaban J connectivity index is 2.92. The SMILES string of the molecule is Cc1c(O)c2cc(O)c(CO)cc2oc1=O. The summed E-state index contributed by atoms with van der Waals surface area (Å²) in [7, 11) is 0. The minimum atomic E-state index is -0.639. The first-order valence-corrected chi connectivity index (χ1v) is 4.63. The highest BCUT2D eigenvalue weighted by atomic mass is 16.4. The second-order valence-electron chi connectivity index (χ2n) is 3.50. The Kier molecular flexibility index (Phi) is 2.32. The first-order valence-electron chi connectivity index (χ1n) is 4.63. The maximum Gasteiger partial charge on any atom is 0.342 e. The van der Waals surface area contributed by atoms with Crippen LogP contribution in [0.5, 0.6) is 11.5 Å². The minimum Gasteiger partial charge on any atom is -0.508 e. The van der Waals surface area contributed by atoms with Gasteiger partial charge >= 0.3 is 5.63 Å². The van der Waals surface area contributed by atoms with Gasteiger partial charge in [-0.1, -0.05) is 0 Å². The second kappa shape index (κ2) is 3.53. The van der Waals surface area contributed by atoms with Gasteiger partial charge in [-0.3, -0.25) is 0 Å². The van der Waals surface area contributed by atoms with Crippen molar-refractivity contribution in [2.24, 2.45) is 0 Å². The van der Waals surface area contributed by atoms with Crippen LogP contribution in [0.1, 0.15) is 11.1 Å². The van der Waals surface area contributed by atoms with Gasteiger partial charge in [-0.05, 0) is 19.1 Å². The number of aromatic hydroxyl groups is 2. The molecule has 16 heavy (non-hydrogen) atoms. The van der Waals surface area contributed by atoms with Crippen molar-refractivity contribution in [2.75, 3.05) is 0 Å². The average Bonchev–Trinajstić information content (AvgIpc) is 2.27. The molecule has 0 saturated heterocycles. The van der Waals surface area contributed by atoms with Gasteiger partial charge in [0.05, 0.1) is 17.6 Å². The fourth-order valence-electron chi connectivity index (χ4n) is 1.48. The van der Waals surface area contributed by atoms with Gasteiger partial charge in [0.1, 0.15) is 17.1 Å². The van der Waals surface area contributed by atoms with E-state index in [1.54, 1.807) is 0 Å². The maximum atomic E-state index is 11.3. The minimum absolute atomic E-state index is 0.0867. The molecule has 0 unspecified atom stereocenters. The highest BCUT2D eigenvalue weighted by Gasteiger charge is 2.12. The smallest absolute Gasteiger partial charge is 0.342 e. The molecule has 0 aliphatic carbocycles. The predicted molar refractivity (Wildman–Crippen MR) is 56.5 cm³/mol. The molecule has 3 N–H and O–H groups in total. The summed E-state index contributed by atoms with van der Waals surface area (Å²) in [5, 5.41) is 28.4. The van der Waals surface area contributed by atoms with Crippen molar-refractivity contribution in [1.29, 1.82) is 0 Å². The Hall–Kier alpha value is -2.01. The number of aliphatic hydroxyl groups excluding tert-OH is 1. The van der Waals surface area contributed by atoms with E-state index in [1.165, 1.54) is 19.1 Å². The fourth-order valence-corrected chi connectivity index (χ4v) is 1.48. The molecule has 0 aliphatic rings. The van der Waals surface area contributed by atoms with E-state index >= 15 is 0 Å². The van der Waals surface area contributed by atoms with Crippen LogP contribution in [-0.2, 0) is 6.61 Å². The van der Waals surface area contributed by atoms with Crippen molar-refractivity contribution in [1.82, 2.24) is 0 Å². The lowest BCUT2D eigenvalue weighted by molar-refractivity contribution is 0.275. The van der Waals surface area contributed by atoms with Gasteiger partial charge in [0, 0.05) is 5.56 Å². The van der Waals surface area contributed by atoms with Crippen molar-refractivity contribution < 1.29 is 19.7 Å². The molecule has 2 aromatic rings. The maximum absolute atomic E-state index is 11.3. The summed E-state index contributed by atoms with van der Waals surface area (Å²) in [6.07, 6.45) is 0. The van der Waals surface area contributed by atoms with Gasteiger partial charge < -0.3 is 19.7 Å². The molecule has 0 saturated carbocycles. The van der Waals surface area contributed by atoms with Gasteiger partial charge in [-0.25, -0.2) is 4.79 Å².